The Labute approximate surface area is 84.5 Å². The third-order valence-electron chi connectivity index (χ3n) is 2.55. The summed E-state index contributed by atoms with van der Waals surface area (Å²) in [5.74, 6) is -0.128. The van der Waals surface area contributed by atoms with Crippen molar-refractivity contribution < 1.29 is 9.90 Å². The summed E-state index contributed by atoms with van der Waals surface area (Å²) in [4.78, 5) is 11.3. The van der Waals surface area contributed by atoms with Crippen LogP contribution in [0.15, 0.2) is 24.3 Å². The van der Waals surface area contributed by atoms with Crippen LogP contribution in [0.3, 0.4) is 0 Å². The number of aliphatic hydroxyl groups excluding tert-OH is 1. The highest BCUT2D eigenvalue weighted by molar-refractivity contribution is 5.88. The van der Waals surface area contributed by atoms with Gasteiger partial charge >= 0.3 is 0 Å². The zero-order valence-electron chi connectivity index (χ0n) is 8.49. The zero-order chi connectivity index (χ0) is 10.4. The van der Waals surface area contributed by atoms with E-state index in [1.165, 1.54) is 6.08 Å². The fraction of sp³-hybridized carbons (Fsp3) is 0.545. The Balaban J connectivity index is 2.39. The lowest BCUT2D eigenvalue weighted by Crippen LogP contribution is -2.55. The first-order chi connectivity index (χ1) is 6.72. The number of allylic oxidation sites excluding steroid dienone is 3. The maximum absolute atomic E-state index is 11.3. The molecule has 2 N–H and O–H groups in total. The molecule has 0 aromatic rings. The first-order valence-corrected chi connectivity index (χ1v) is 4.95. The van der Waals surface area contributed by atoms with Crippen molar-refractivity contribution in [2.24, 2.45) is 0 Å². The van der Waals surface area contributed by atoms with Gasteiger partial charge in [-0.25, -0.2) is 0 Å². The van der Waals surface area contributed by atoms with E-state index in [-0.39, 0.29) is 18.1 Å². The van der Waals surface area contributed by atoms with Crippen LogP contribution in [0.1, 0.15) is 26.2 Å². The molecule has 1 aliphatic rings. The number of hydrogen-bond donors (Lipinski definition) is 2. The van der Waals surface area contributed by atoms with Crippen molar-refractivity contribution in [2.75, 3.05) is 6.61 Å². The van der Waals surface area contributed by atoms with Crippen LogP contribution < -0.4 is 5.32 Å². The van der Waals surface area contributed by atoms with Crippen molar-refractivity contribution in [2.45, 2.75) is 31.7 Å². The summed E-state index contributed by atoms with van der Waals surface area (Å²) < 4.78 is 0. The predicted molar refractivity (Wildman–Crippen MR) is 55.8 cm³/mol. The number of aliphatic hydroxyl groups is 1. The van der Waals surface area contributed by atoms with E-state index in [1.54, 1.807) is 12.2 Å². The average molecular weight is 195 g/mol. The van der Waals surface area contributed by atoms with Gasteiger partial charge in [-0.3, -0.25) is 4.79 Å². The van der Waals surface area contributed by atoms with Crippen molar-refractivity contribution in [1.29, 1.82) is 0 Å². The van der Waals surface area contributed by atoms with Crippen molar-refractivity contribution in [3.05, 3.63) is 24.3 Å². The SMILES string of the molecule is CC=CC=CC(=O)NC1(CO)CCC1. The lowest BCUT2D eigenvalue weighted by molar-refractivity contribution is -0.120. The molecule has 0 heterocycles. The van der Waals surface area contributed by atoms with Crippen molar-refractivity contribution in [3.8, 4) is 0 Å². The van der Waals surface area contributed by atoms with Crippen LogP contribution in [0.2, 0.25) is 0 Å². The smallest absolute Gasteiger partial charge is 0.244 e. The first kappa shape index (κ1) is 11.0. The molecule has 78 valence electrons. The van der Waals surface area contributed by atoms with Gasteiger partial charge in [0.05, 0.1) is 12.1 Å². The number of carbonyl (C=O) groups is 1. The third-order valence-corrected chi connectivity index (χ3v) is 2.55. The maximum atomic E-state index is 11.3. The third kappa shape index (κ3) is 2.70. The monoisotopic (exact) mass is 195 g/mol. The molecular formula is C11H17NO2. The van der Waals surface area contributed by atoms with Crippen LogP contribution in [0, 0.1) is 0 Å². The first-order valence-electron chi connectivity index (χ1n) is 4.95. The normalized spacial score (nSPS) is 19.9. The molecule has 1 amide bonds. The second kappa shape index (κ2) is 4.96. The van der Waals surface area contributed by atoms with Gasteiger partial charge in [0.25, 0.3) is 0 Å². The van der Waals surface area contributed by atoms with Gasteiger partial charge in [-0.15, -0.1) is 0 Å². The van der Waals surface area contributed by atoms with Crippen molar-refractivity contribution >= 4 is 5.91 Å². The molecule has 0 spiro atoms. The van der Waals surface area contributed by atoms with Crippen LogP contribution in [-0.4, -0.2) is 23.2 Å². The van der Waals surface area contributed by atoms with Crippen LogP contribution in [0.4, 0.5) is 0 Å². The Kier molecular flexibility index (Phi) is 3.89. The predicted octanol–water partition coefficient (Wildman–Crippen LogP) is 1.15. The molecular weight excluding hydrogens is 178 g/mol. The molecule has 0 bridgehead atoms. The fourth-order valence-corrected chi connectivity index (χ4v) is 1.48. The Hall–Kier alpha value is -1.09. The van der Waals surface area contributed by atoms with Gasteiger partial charge in [-0.05, 0) is 26.2 Å². The summed E-state index contributed by atoms with van der Waals surface area (Å²) >= 11 is 0. The molecule has 0 aromatic heterocycles. The molecule has 1 fully saturated rings. The molecule has 3 nitrogen and oxygen atoms in total. The second-order valence-corrected chi connectivity index (χ2v) is 3.67. The van der Waals surface area contributed by atoms with E-state index in [1.807, 2.05) is 13.0 Å². The minimum atomic E-state index is -0.336. The highest BCUT2D eigenvalue weighted by atomic mass is 16.3. The number of nitrogens with one attached hydrogen (secondary N) is 1. The quantitative estimate of drug-likeness (QED) is 0.522. The van der Waals surface area contributed by atoms with Gasteiger partial charge in [0, 0.05) is 6.08 Å². The molecule has 1 saturated carbocycles. The van der Waals surface area contributed by atoms with Crippen LogP contribution >= 0.6 is 0 Å². The molecule has 0 aromatic carbocycles. The molecule has 3 heteroatoms. The van der Waals surface area contributed by atoms with E-state index in [0.717, 1.165) is 19.3 Å². The standard InChI is InChI=1S/C11H17NO2/c1-2-3-4-6-10(14)12-11(9-13)7-5-8-11/h2-4,6,13H,5,7-9H2,1H3,(H,12,14). The largest absolute Gasteiger partial charge is 0.394 e. The molecule has 1 rings (SSSR count). The fourth-order valence-electron chi connectivity index (χ4n) is 1.48. The van der Waals surface area contributed by atoms with Crippen LogP contribution in [0.5, 0.6) is 0 Å². The van der Waals surface area contributed by atoms with E-state index < -0.39 is 0 Å². The Morgan fingerprint density at radius 2 is 2.21 bits per heavy atom. The Bertz CT molecular complexity index is 247. The minimum Gasteiger partial charge on any atom is -0.394 e. The molecule has 0 aliphatic heterocycles. The highest BCUT2D eigenvalue weighted by Gasteiger charge is 2.37. The Morgan fingerprint density at radius 1 is 1.50 bits per heavy atom. The highest BCUT2D eigenvalue weighted by Crippen LogP contribution is 2.30. The molecule has 0 radical (unpaired) electrons. The lowest BCUT2D eigenvalue weighted by atomic mass is 9.77. The van der Waals surface area contributed by atoms with Crippen LogP contribution in [0.25, 0.3) is 0 Å². The summed E-state index contributed by atoms with van der Waals surface area (Å²) in [6.07, 6.45) is 9.68. The van der Waals surface area contributed by atoms with E-state index in [4.69, 9.17) is 5.11 Å². The topological polar surface area (TPSA) is 49.3 Å². The number of carbonyl (C=O) groups excluding carboxylic acids is 1. The number of amides is 1. The number of hydrogen-bond acceptors (Lipinski definition) is 2. The molecule has 1 aliphatic carbocycles. The second-order valence-electron chi connectivity index (χ2n) is 3.67. The van der Waals surface area contributed by atoms with Gasteiger partial charge in [0.2, 0.25) is 5.91 Å². The Morgan fingerprint density at radius 3 is 2.64 bits per heavy atom. The molecule has 0 saturated heterocycles. The lowest BCUT2D eigenvalue weighted by Gasteiger charge is -2.40. The number of rotatable bonds is 4. The summed E-state index contributed by atoms with van der Waals surface area (Å²) in [7, 11) is 0. The van der Waals surface area contributed by atoms with Gasteiger partial charge < -0.3 is 10.4 Å². The molecule has 14 heavy (non-hydrogen) atoms. The summed E-state index contributed by atoms with van der Waals surface area (Å²) in [6, 6.07) is 0. The summed E-state index contributed by atoms with van der Waals surface area (Å²) in [6.45, 7) is 1.93. The minimum absolute atomic E-state index is 0.0379. The van der Waals surface area contributed by atoms with Crippen molar-refractivity contribution in [3.63, 3.8) is 0 Å². The van der Waals surface area contributed by atoms with Crippen molar-refractivity contribution in [1.82, 2.24) is 5.32 Å². The molecule has 0 unspecified atom stereocenters. The van der Waals surface area contributed by atoms with Gasteiger partial charge in [0.15, 0.2) is 0 Å². The van der Waals surface area contributed by atoms with Gasteiger partial charge in [-0.2, -0.15) is 0 Å². The van der Waals surface area contributed by atoms with Gasteiger partial charge in [0.1, 0.15) is 0 Å². The van der Waals surface area contributed by atoms with Gasteiger partial charge in [-0.1, -0.05) is 18.2 Å². The molecule has 0 atom stereocenters. The zero-order valence-corrected chi connectivity index (χ0v) is 8.49. The van der Waals surface area contributed by atoms with E-state index in [9.17, 15) is 4.79 Å². The summed E-state index contributed by atoms with van der Waals surface area (Å²) in [5, 5.41) is 11.9. The van der Waals surface area contributed by atoms with E-state index in [2.05, 4.69) is 5.32 Å². The summed E-state index contributed by atoms with van der Waals surface area (Å²) in [5.41, 5.74) is -0.336. The average Bonchev–Trinajstić information content (AvgIpc) is 2.12. The maximum Gasteiger partial charge on any atom is 0.244 e. The van der Waals surface area contributed by atoms with E-state index in [0.29, 0.717) is 0 Å². The van der Waals surface area contributed by atoms with Crippen LogP contribution in [-0.2, 0) is 4.79 Å². The van der Waals surface area contributed by atoms with E-state index >= 15 is 0 Å².